The van der Waals surface area contributed by atoms with Crippen molar-refractivity contribution >= 4 is 23.7 Å². The molecule has 1 fully saturated rings. The van der Waals surface area contributed by atoms with Crippen molar-refractivity contribution in [2.24, 2.45) is 5.92 Å². The van der Waals surface area contributed by atoms with E-state index in [0.717, 1.165) is 19.0 Å². The van der Waals surface area contributed by atoms with Crippen molar-refractivity contribution in [3.8, 4) is 0 Å². The molecule has 98 valence electrons. The first-order chi connectivity index (χ1) is 7.69. The van der Waals surface area contributed by atoms with E-state index < -0.39 is 0 Å². The lowest BCUT2D eigenvalue weighted by atomic mass is 10.1. The smallest absolute Gasteiger partial charge is 0.0244 e. The number of halogens is 1. The van der Waals surface area contributed by atoms with Gasteiger partial charge in [-0.1, -0.05) is 0 Å². The van der Waals surface area contributed by atoms with Gasteiger partial charge in [-0.3, -0.25) is 4.90 Å². The van der Waals surface area contributed by atoms with Gasteiger partial charge in [-0.15, -0.1) is 23.7 Å². The summed E-state index contributed by atoms with van der Waals surface area (Å²) in [5.41, 5.74) is 1.53. The maximum Gasteiger partial charge on any atom is 0.0244 e. The van der Waals surface area contributed by atoms with Gasteiger partial charge in [0.15, 0.2) is 0 Å². The second-order valence-electron chi connectivity index (χ2n) is 4.89. The SMILES string of the molecule is CNCC1CCN(Cc2cc(C)sc2C)C1.Cl. The van der Waals surface area contributed by atoms with Crippen LogP contribution in [0, 0.1) is 19.8 Å². The van der Waals surface area contributed by atoms with Crippen LogP contribution in [0.2, 0.25) is 0 Å². The molecular weight excluding hydrogens is 252 g/mol. The van der Waals surface area contributed by atoms with Gasteiger partial charge in [-0.2, -0.15) is 0 Å². The van der Waals surface area contributed by atoms with Gasteiger partial charge in [0.2, 0.25) is 0 Å². The van der Waals surface area contributed by atoms with Crippen LogP contribution in [0.3, 0.4) is 0 Å². The molecular formula is C13H23ClN2S. The summed E-state index contributed by atoms with van der Waals surface area (Å²) >= 11 is 1.92. The van der Waals surface area contributed by atoms with E-state index in [4.69, 9.17) is 0 Å². The molecule has 1 unspecified atom stereocenters. The predicted molar refractivity (Wildman–Crippen MR) is 78.4 cm³/mol. The molecule has 17 heavy (non-hydrogen) atoms. The zero-order valence-corrected chi connectivity index (χ0v) is 12.6. The number of thiophene rings is 1. The van der Waals surface area contributed by atoms with Crippen LogP contribution in [0.1, 0.15) is 21.7 Å². The van der Waals surface area contributed by atoms with Crippen molar-refractivity contribution in [3.05, 3.63) is 21.4 Å². The molecule has 1 atom stereocenters. The van der Waals surface area contributed by atoms with Crippen LogP contribution in [-0.2, 0) is 6.54 Å². The molecule has 0 spiro atoms. The number of nitrogens with zero attached hydrogens (tertiary/aromatic N) is 1. The molecule has 0 radical (unpaired) electrons. The summed E-state index contributed by atoms with van der Waals surface area (Å²) < 4.78 is 0. The van der Waals surface area contributed by atoms with Gasteiger partial charge in [-0.05, 0) is 58.0 Å². The van der Waals surface area contributed by atoms with Gasteiger partial charge in [-0.25, -0.2) is 0 Å². The fourth-order valence-corrected chi connectivity index (χ4v) is 3.53. The van der Waals surface area contributed by atoms with Crippen LogP contribution >= 0.6 is 23.7 Å². The highest BCUT2D eigenvalue weighted by atomic mass is 35.5. The lowest BCUT2D eigenvalue weighted by Crippen LogP contribution is -2.24. The third-order valence-corrected chi connectivity index (χ3v) is 4.41. The Morgan fingerprint density at radius 3 is 2.82 bits per heavy atom. The Morgan fingerprint density at radius 1 is 1.47 bits per heavy atom. The summed E-state index contributed by atoms with van der Waals surface area (Å²) in [5, 5.41) is 3.28. The maximum atomic E-state index is 3.28. The Hall–Kier alpha value is -0.0900. The number of likely N-dealkylation sites (tertiary alicyclic amines) is 1. The van der Waals surface area contributed by atoms with E-state index in [1.54, 1.807) is 0 Å². The van der Waals surface area contributed by atoms with Gasteiger partial charge in [0.1, 0.15) is 0 Å². The van der Waals surface area contributed by atoms with Gasteiger partial charge in [0.25, 0.3) is 0 Å². The van der Waals surface area contributed by atoms with Crippen molar-refractivity contribution in [2.75, 3.05) is 26.7 Å². The Labute approximate surface area is 115 Å². The maximum absolute atomic E-state index is 3.28. The van der Waals surface area contributed by atoms with Gasteiger partial charge in [0.05, 0.1) is 0 Å². The van der Waals surface area contributed by atoms with E-state index >= 15 is 0 Å². The van der Waals surface area contributed by atoms with E-state index in [9.17, 15) is 0 Å². The molecule has 0 saturated carbocycles. The van der Waals surface area contributed by atoms with Crippen LogP contribution < -0.4 is 5.32 Å². The monoisotopic (exact) mass is 274 g/mol. The highest BCUT2D eigenvalue weighted by molar-refractivity contribution is 7.12. The van der Waals surface area contributed by atoms with E-state index in [1.165, 1.54) is 34.8 Å². The van der Waals surface area contributed by atoms with Crippen LogP contribution in [0.4, 0.5) is 0 Å². The standard InChI is InChI=1S/C13H22N2S.ClH/c1-10-6-13(11(2)16-10)9-15-5-4-12(8-15)7-14-3;/h6,12,14H,4-5,7-9H2,1-3H3;1H. The third-order valence-electron chi connectivity index (χ3n) is 3.40. The number of hydrogen-bond acceptors (Lipinski definition) is 3. The number of aryl methyl sites for hydroxylation is 2. The zero-order valence-electron chi connectivity index (χ0n) is 11.0. The van der Waals surface area contributed by atoms with E-state index in [0.29, 0.717) is 0 Å². The molecule has 1 aliphatic heterocycles. The van der Waals surface area contributed by atoms with Crippen molar-refractivity contribution in [1.82, 2.24) is 10.2 Å². The molecule has 0 aliphatic carbocycles. The summed E-state index contributed by atoms with van der Waals surface area (Å²) in [4.78, 5) is 5.53. The third kappa shape index (κ3) is 3.95. The lowest BCUT2D eigenvalue weighted by Gasteiger charge is -2.15. The molecule has 0 amide bonds. The molecule has 1 saturated heterocycles. The van der Waals surface area contributed by atoms with E-state index in [-0.39, 0.29) is 12.4 Å². The topological polar surface area (TPSA) is 15.3 Å². The quantitative estimate of drug-likeness (QED) is 0.908. The zero-order chi connectivity index (χ0) is 11.5. The van der Waals surface area contributed by atoms with Crippen molar-refractivity contribution in [1.29, 1.82) is 0 Å². The minimum atomic E-state index is 0. The van der Waals surface area contributed by atoms with Crippen molar-refractivity contribution in [2.45, 2.75) is 26.8 Å². The van der Waals surface area contributed by atoms with Crippen LogP contribution in [0.5, 0.6) is 0 Å². The van der Waals surface area contributed by atoms with Crippen molar-refractivity contribution < 1.29 is 0 Å². The van der Waals surface area contributed by atoms with Crippen LogP contribution in [0.25, 0.3) is 0 Å². The van der Waals surface area contributed by atoms with E-state index in [2.05, 4.69) is 37.2 Å². The second kappa shape index (κ2) is 6.74. The summed E-state index contributed by atoms with van der Waals surface area (Å²) in [6, 6.07) is 2.35. The van der Waals surface area contributed by atoms with Crippen molar-refractivity contribution in [3.63, 3.8) is 0 Å². The first kappa shape index (κ1) is 15.0. The summed E-state index contributed by atoms with van der Waals surface area (Å²) in [6.07, 6.45) is 1.35. The minimum absolute atomic E-state index is 0. The average Bonchev–Trinajstić information content (AvgIpc) is 2.76. The summed E-state index contributed by atoms with van der Waals surface area (Å²) in [6.45, 7) is 9.29. The lowest BCUT2D eigenvalue weighted by molar-refractivity contribution is 0.315. The normalized spacial score (nSPS) is 20.5. The molecule has 1 aromatic rings. The molecule has 2 nitrogen and oxygen atoms in total. The summed E-state index contributed by atoms with van der Waals surface area (Å²) in [7, 11) is 2.05. The van der Waals surface area contributed by atoms with E-state index in [1.807, 2.05) is 11.3 Å². The van der Waals surface area contributed by atoms with Crippen LogP contribution in [0.15, 0.2) is 6.07 Å². The number of hydrogen-bond donors (Lipinski definition) is 1. The second-order valence-corrected chi connectivity index (χ2v) is 6.35. The molecule has 1 aromatic heterocycles. The van der Waals surface area contributed by atoms with Gasteiger partial charge < -0.3 is 5.32 Å². The Bertz CT molecular complexity index is 351. The first-order valence-electron chi connectivity index (χ1n) is 6.12. The molecule has 2 heterocycles. The fraction of sp³-hybridized carbons (Fsp3) is 0.692. The molecule has 0 aromatic carbocycles. The molecule has 0 bridgehead atoms. The molecule has 4 heteroatoms. The predicted octanol–water partition coefficient (Wildman–Crippen LogP) is 2.83. The fourth-order valence-electron chi connectivity index (χ4n) is 2.59. The highest BCUT2D eigenvalue weighted by Crippen LogP contribution is 2.24. The number of nitrogens with one attached hydrogen (secondary N) is 1. The summed E-state index contributed by atoms with van der Waals surface area (Å²) in [5.74, 6) is 0.852. The average molecular weight is 275 g/mol. The highest BCUT2D eigenvalue weighted by Gasteiger charge is 2.22. The Kier molecular flexibility index (Phi) is 5.93. The molecule has 1 N–H and O–H groups in total. The van der Waals surface area contributed by atoms with Crippen LogP contribution in [-0.4, -0.2) is 31.6 Å². The van der Waals surface area contributed by atoms with Gasteiger partial charge >= 0.3 is 0 Å². The largest absolute Gasteiger partial charge is 0.319 e. The molecule has 1 aliphatic rings. The number of rotatable bonds is 4. The Balaban J connectivity index is 0.00000144. The minimum Gasteiger partial charge on any atom is -0.319 e. The first-order valence-corrected chi connectivity index (χ1v) is 6.93. The molecule has 2 rings (SSSR count). The van der Waals surface area contributed by atoms with Gasteiger partial charge in [0, 0.05) is 22.8 Å². The Morgan fingerprint density at radius 2 is 2.24 bits per heavy atom.